The molecule has 1 aromatic heterocycles. The summed E-state index contributed by atoms with van der Waals surface area (Å²) in [4.78, 5) is 27.9. The Morgan fingerprint density at radius 2 is 1.89 bits per heavy atom. The number of aliphatic hydroxyl groups excluding tert-OH is 1. The number of nitrogens with zero attached hydrogens (tertiary/aromatic N) is 1. The van der Waals surface area contributed by atoms with Crippen LogP contribution in [0.3, 0.4) is 0 Å². The highest BCUT2D eigenvalue weighted by Crippen LogP contribution is 2.41. The summed E-state index contributed by atoms with van der Waals surface area (Å²) in [6, 6.07) is 15.1. The van der Waals surface area contributed by atoms with E-state index in [2.05, 4.69) is 13.8 Å². The van der Waals surface area contributed by atoms with Crippen molar-refractivity contribution >= 4 is 17.4 Å². The maximum Gasteiger partial charge on any atom is 0.296 e. The quantitative estimate of drug-likeness (QED) is 0.238. The van der Waals surface area contributed by atoms with Crippen LogP contribution in [0.1, 0.15) is 49.3 Å². The van der Waals surface area contributed by atoms with Gasteiger partial charge in [-0.15, -0.1) is 0 Å². The fourth-order valence-corrected chi connectivity index (χ4v) is 4.27. The highest BCUT2D eigenvalue weighted by atomic mass is 16.5. The molecule has 1 fully saturated rings. The van der Waals surface area contributed by atoms with Crippen LogP contribution in [0.25, 0.3) is 5.76 Å². The van der Waals surface area contributed by atoms with Crippen molar-refractivity contribution < 1.29 is 28.6 Å². The summed E-state index contributed by atoms with van der Waals surface area (Å²) in [5, 5.41) is 11.4. The number of hydrogen-bond donors (Lipinski definition) is 1. The van der Waals surface area contributed by atoms with E-state index in [1.807, 2.05) is 26.0 Å². The van der Waals surface area contributed by atoms with E-state index in [0.29, 0.717) is 47.5 Å². The van der Waals surface area contributed by atoms with Gasteiger partial charge in [0.1, 0.15) is 23.0 Å². The Morgan fingerprint density at radius 1 is 1.08 bits per heavy atom. The van der Waals surface area contributed by atoms with E-state index in [9.17, 15) is 14.7 Å². The molecule has 1 atom stereocenters. The number of carbonyl (C=O) groups excluding carboxylic acids is 2. The standard InChI is InChI=1S/C29H31NO6/c1-5-34-22-9-6-8-20(15-22)26-25(28(32)29(33)30(26)16-23-10-7-13-35-23)27(31)21-11-12-24(19(4)14-21)36-17-18(2)3/h6-15,18,26,31H,5,16-17H2,1-4H3/b27-25+. The van der Waals surface area contributed by atoms with Gasteiger partial charge in [0, 0.05) is 5.56 Å². The number of likely N-dealkylation sites (tertiary alicyclic amines) is 1. The van der Waals surface area contributed by atoms with Crippen LogP contribution >= 0.6 is 0 Å². The average molecular weight is 490 g/mol. The van der Waals surface area contributed by atoms with Crippen molar-refractivity contribution in [3.05, 3.63) is 88.9 Å². The molecule has 0 aliphatic carbocycles. The second-order valence-corrected chi connectivity index (χ2v) is 9.20. The van der Waals surface area contributed by atoms with E-state index in [-0.39, 0.29) is 17.9 Å². The minimum Gasteiger partial charge on any atom is -0.507 e. The van der Waals surface area contributed by atoms with Crippen LogP contribution in [0.15, 0.2) is 70.9 Å². The fourth-order valence-electron chi connectivity index (χ4n) is 4.27. The minimum absolute atomic E-state index is 0.0236. The molecule has 7 heteroatoms. The molecule has 1 aliphatic rings. The Labute approximate surface area is 210 Å². The van der Waals surface area contributed by atoms with E-state index < -0.39 is 17.7 Å². The second kappa shape index (κ2) is 10.7. The van der Waals surface area contributed by atoms with Crippen LogP contribution in [-0.4, -0.2) is 34.9 Å². The number of hydrogen-bond acceptors (Lipinski definition) is 6. The molecule has 1 N–H and O–H groups in total. The lowest BCUT2D eigenvalue weighted by Crippen LogP contribution is -2.29. The zero-order valence-corrected chi connectivity index (χ0v) is 21.0. The van der Waals surface area contributed by atoms with Crippen LogP contribution < -0.4 is 9.47 Å². The number of aliphatic hydroxyl groups is 1. The molecule has 0 spiro atoms. The number of ether oxygens (including phenoxy) is 2. The van der Waals surface area contributed by atoms with Gasteiger partial charge in [0.15, 0.2) is 0 Å². The van der Waals surface area contributed by atoms with Gasteiger partial charge in [0.2, 0.25) is 0 Å². The molecule has 2 heterocycles. The predicted octanol–water partition coefficient (Wildman–Crippen LogP) is 5.64. The molecule has 1 unspecified atom stereocenters. The molecular formula is C29H31NO6. The highest BCUT2D eigenvalue weighted by molar-refractivity contribution is 6.46. The molecule has 4 rings (SSSR count). The lowest BCUT2D eigenvalue weighted by Gasteiger charge is -2.25. The van der Waals surface area contributed by atoms with E-state index in [0.717, 1.165) is 5.56 Å². The Hall–Kier alpha value is -4.00. The minimum atomic E-state index is -0.812. The van der Waals surface area contributed by atoms with Crippen LogP contribution in [0.4, 0.5) is 0 Å². The van der Waals surface area contributed by atoms with E-state index in [4.69, 9.17) is 13.9 Å². The Bertz CT molecular complexity index is 1270. The summed E-state index contributed by atoms with van der Waals surface area (Å²) in [6.45, 7) is 9.02. The van der Waals surface area contributed by atoms with Crippen molar-refractivity contribution in [3.63, 3.8) is 0 Å². The summed E-state index contributed by atoms with van der Waals surface area (Å²) in [5.41, 5.74) is 1.93. The first kappa shape index (κ1) is 25.1. The number of carbonyl (C=O) groups is 2. The smallest absolute Gasteiger partial charge is 0.296 e. The first-order chi connectivity index (χ1) is 17.3. The van der Waals surface area contributed by atoms with Gasteiger partial charge in [-0.2, -0.15) is 0 Å². The maximum atomic E-state index is 13.3. The molecule has 7 nitrogen and oxygen atoms in total. The molecule has 0 bridgehead atoms. The highest BCUT2D eigenvalue weighted by Gasteiger charge is 2.46. The fraction of sp³-hybridized carbons (Fsp3) is 0.310. The molecule has 1 saturated heterocycles. The van der Waals surface area contributed by atoms with Gasteiger partial charge >= 0.3 is 0 Å². The number of amides is 1. The van der Waals surface area contributed by atoms with E-state index in [1.54, 1.807) is 42.5 Å². The van der Waals surface area contributed by atoms with Gasteiger partial charge in [-0.25, -0.2) is 0 Å². The van der Waals surface area contributed by atoms with Crippen molar-refractivity contribution in [1.29, 1.82) is 0 Å². The number of furan rings is 1. The predicted molar refractivity (Wildman–Crippen MR) is 136 cm³/mol. The Balaban J connectivity index is 1.80. The largest absolute Gasteiger partial charge is 0.507 e. The van der Waals surface area contributed by atoms with Crippen LogP contribution in [-0.2, 0) is 16.1 Å². The lowest BCUT2D eigenvalue weighted by atomic mass is 9.94. The molecule has 188 valence electrons. The van der Waals surface area contributed by atoms with Crippen molar-refractivity contribution in [2.75, 3.05) is 13.2 Å². The SMILES string of the molecule is CCOc1cccc(C2/C(=C(\O)c3ccc(OCC(C)C)c(C)c3)C(=O)C(=O)N2Cc2ccco2)c1. The first-order valence-electron chi connectivity index (χ1n) is 12.1. The average Bonchev–Trinajstić information content (AvgIpc) is 3.45. The van der Waals surface area contributed by atoms with E-state index in [1.165, 1.54) is 11.2 Å². The van der Waals surface area contributed by atoms with Crippen LogP contribution in [0.5, 0.6) is 11.5 Å². The van der Waals surface area contributed by atoms with Crippen LogP contribution in [0.2, 0.25) is 0 Å². The van der Waals surface area contributed by atoms with Crippen molar-refractivity contribution in [3.8, 4) is 11.5 Å². The van der Waals surface area contributed by atoms with Crippen molar-refractivity contribution in [1.82, 2.24) is 4.90 Å². The molecular weight excluding hydrogens is 458 g/mol. The summed E-state index contributed by atoms with van der Waals surface area (Å²) < 4.78 is 17.0. The Morgan fingerprint density at radius 3 is 2.56 bits per heavy atom. The summed E-state index contributed by atoms with van der Waals surface area (Å²) in [5.74, 6) is 0.540. The molecule has 2 aromatic carbocycles. The number of aryl methyl sites for hydroxylation is 1. The normalized spacial score (nSPS) is 17.1. The van der Waals surface area contributed by atoms with Gasteiger partial charge in [-0.1, -0.05) is 26.0 Å². The third-order valence-electron chi connectivity index (χ3n) is 5.95. The molecule has 3 aromatic rings. The molecule has 1 amide bonds. The van der Waals surface area contributed by atoms with Gasteiger partial charge in [-0.05, 0) is 73.4 Å². The third kappa shape index (κ3) is 5.15. The zero-order chi connectivity index (χ0) is 25.8. The molecule has 0 radical (unpaired) electrons. The van der Waals surface area contributed by atoms with Gasteiger partial charge < -0.3 is 23.9 Å². The maximum absolute atomic E-state index is 13.3. The number of rotatable bonds is 9. The molecule has 0 saturated carbocycles. The first-order valence-corrected chi connectivity index (χ1v) is 12.1. The third-order valence-corrected chi connectivity index (χ3v) is 5.95. The summed E-state index contributed by atoms with van der Waals surface area (Å²) in [6.07, 6.45) is 1.52. The summed E-state index contributed by atoms with van der Waals surface area (Å²) in [7, 11) is 0. The van der Waals surface area contributed by atoms with Gasteiger partial charge in [0.25, 0.3) is 11.7 Å². The van der Waals surface area contributed by atoms with E-state index >= 15 is 0 Å². The zero-order valence-electron chi connectivity index (χ0n) is 21.0. The Kier molecular flexibility index (Phi) is 7.48. The summed E-state index contributed by atoms with van der Waals surface area (Å²) >= 11 is 0. The van der Waals surface area contributed by atoms with Gasteiger partial charge in [0.05, 0.1) is 37.6 Å². The number of benzene rings is 2. The molecule has 1 aliphatic heterocycles. The molecule has 36 heavy (non-hydrogen) atoms. The number of ketones is 1. The van der Waals surface area contributed by atoms with Gasteiger partial charge in [-0.3, -0.25) is 9.59 Å². The second-order valence-electron chi connectivity index (χ2n) is 9.20. The lowest BCUT2D eigenvalue weighted by molar-refractivity contribution is -0.140. The van der Waals surface area contributed by atoms with Crippen LogP contribution in [0, 0.1) is 12.8 Å². The van der Waals surface area contributed by atoms with Crippen molar-refractivity contribution in [2.24, 2.45) is 5.92 Å². The monoisotopic (exact) mass is 489 g/mol. The topological polar surface area (TPSA) is 89.2 Å². The number of Topliss-reactive ketones (excluding diaryl/α,β-unsaturated/α-hetero) is 1. The van der Waals surface area contributed by atoms with Crippen molar-refractivity contribution in [2.45, 2.75) is 40.3 Å².